The molecule has 1 N–H and O–H groups in total. The van der Waals surface area contributed by atoms with Crippen LogP contribution in [0, 0.1) is 0 Å². The van der Waals surface area contributed by atoms with E-state index in [1.54, 1.807) is 11.9 Å². The van der Waals surface area contributed by atoms with Crippen molar-refractivity contribution in [3.05, 3.63) is 71.8 Å². The topological polar surface area (TPSA) is 49.4 Å². The summed E-state index contributed by atoms with van der Waals surface area (Å²) >= 11 is 0. The first-order valence-electron chi connectivity index (χ1n) is 7.73. The molecule has 0 heterocycles. The Bertz CT molecular complexity index is 626. The third kappa shape index (κ3) is 5.94. The molecule has 23 heavy (non-hydrogen) atoms. The number of amides is 2. The van der Waals surface area contributed by atoms with Gasteiger partial charge in [-0.05, 0) is 11.1 Å². The summed E-state index contributed by atoms with van der Waals surface area (Å²) in [4.78, 5) is 25.6. The van der Waals surface area contributed by atoms with Crippen LogP contribution < -0.4 is 5.32 Å². The molecule has 2 amide bonds. The van der Waals surface area contributed by atoms with Gasteiger partial charge in [0.15, 0.2) is 0 Å². The monoisotopic (exact) mass is 310 g/mol. The first-order valence-corrected chi connectivity index (χ1v) is 7.73. The third-order valence-electron chi connectivity index (χ3n) is 3.56. The van der Waals surface area contributed by atoms with Crippen molar-refractivity contribution in [1.82, 2.24) is 10.2 Å². The molecule has 2 rings (SSSR count). The molecule has 4 nitrogen and oxygen atoms in total. The van der Waals surface area contributed by atoms with Crippen molar-refractivity contribution in [1.29, 1.82) is 0 Å². The number of rotatable bonds is 7. The standard InChI is InChI=1S/C19H22N2O2/c1-21(15-17-10-6-3-7-11-17)19(23)12-13-20-18(22)14-16-8-4-2-5-9-16/h2-11H,12-15H2,1H3,(H,20,22). The van der Waals surface area contributed by atoms with E-state index in [1.165, 1.54) is 0 Å². The molecule has 0 bridgehead atoms. The number of benzene rings is 2. The summed E-state index contributed by atoms with van der Waals surface area (Å²) in [7, 11) is 1.78. The van der Waals surface area contributed by atoms with Crippen LogP contribution in [0.15, 0.2) is 60.7 Å². The molecule has 2 aromatic carbocycles. The van der Waals surface area contributed by atoms with Gasteiger partial charge in [0.1, 0.15) is 0 Å². The van der Waals surface area contributed by atoms with Crippen LogP contribution in [0.3, 0.4) is 0 Å². The van der Waals surface area contributed by atoms with Crippen LogP contribution in [0.5, 0.6) is 0 Å². The van der Waals surface area contributed by atoms with E-state index in [1.807, 2.05) is 60.7 Å². The highest BCUT2D eigenvalue weighted by Crippen LogP contribution is 2.04. The van der Waals surface area contributed by atoms with Gasteiger partial charge in [0.25, 0.3) is 0 Å². The van der Waals surface area contributed by atoms with Crippen molar-refractivity contribution in [3.63, 3.8) is 0 Å². The van der Waals surface area contributed by atoms with E-state index in [0.717, 1.165) is 11.1 Å². The van der Waals surface area contributed by atoms with Crippen LogP contribution in [0.2, 0.25) is 0 Å². The molecule has 0 saturated heterocycles. The normalized spacial score (nSPS) is 10.1. The molecular weight excluding hydrogens is 288 g/mol. The lowest BCUT2D eigenvalue weighted by Crippen LogP contribution is -2.32. The Kier molecular flexibility index (Phi) is 6.36. The molecule has 0 atom stereocenters. The van der Waals surface area contributed by atoms with E-state index in [9.17, 15) is 9.59 Å². The van der Waals surface area contributed by atoms with Gasteiger partial charge in [-0.1, -0.05) is 60.7 Å². The molecule has 0 aliphatic carbocycles. The Morgan fingerprint density at radius 3 is 2.09 bits per heavy atom. The van der Waals surface area contributed by atoms with Crippen LogP contribution in [-0.4, -0.2) is 30.3 Å². The van der Waals surface area contributed by atoms with Crippen LogP contribution in [0.25, 0.3) is 0 Å². The van der Waals surface area contributed by atoms with Crippen LogP contribution in [-0.2, 0) is 22.6 Å². The maximum atomic E-state index is 12.1. The summed E-state index contributed by atoms with van der Waals surface area (Å²) < 4.78 is 0. The highest BCUT2D eigenvalue weighted by atomic mass is 16.2. The van der Waals surface area contributed by atoms with Crippen molar-refractivity contribution < 1.29 is 9.59 Å². The molecule has 0 unspecified atom stereocenters. The van der Waals surface area contributed by atoms with Crippen molar-refractivity contribution in [2.75, 3.05) is 13.6 Å². The first-order chi connectivity index (χ1) is 11.1. The summed E-state index contributed by atoms with van der Waals surface area (Å²) in [5.74, 6) is -0.0384. The number of carbonyl (C=O) groups excluding carboxylic acids is 2. The average molecular weight is 310 g/mol. The predicted octanol–water partition coefficient (Wildman–Crippen LogP) is 2.39. The summed E-state index contributed by atoms with van der Waals surface area (Å²) in [6.07, 6.45) is 0.652. The maximum Gasteiger partial charge on any atom is 0.224 e. The van der Waals surface area contributed by atoms with Gasteiger partial charge in [-0.25, -0.2) is 0 Å². The lowest BCUT2D eigenvalue weighted by atomic mass is 10.1. The smallest absolute Gasteiger partial charge is 0.224 e. The molecule has 2 aromatic rings. The highest BCUT2D eigenvalue weighted by Gasteiger charge is 2.10. The van der Waals surface area contributed by atoms with Gasteiger partial charge in [0.2, 0.25) is 11.8 Å². The van der Waals surface area contributed by atoms with Gasteiger partial charge in [0.05, 0.1) is 6.42 Å². The number of hydrogen-bond acceptors (Lipinski definition) is 2. The van der Waals surface area contributed by atoms with E-state index in [4.69, 9.17) is 0 Å². The minimum absolute atomic E-state index is 0.0221. The molecule has 0 radical (unpaired) electrons. The average Bonchev–Trinajstić information content (AvgIpc) is 2.56. The largest absolute Gasteiger partial charge is 0.355 e. The number of nitrogens with zero attached hydrogens (tertiary/aromatic N) is 1. The molecular formula is C19H22N2O2. The minimum atomic E-state index is -0.0605. The van der Waals surface area contributed by atoms with E-state index in [0.29, 0.717) is 25.9 Å². The molecule has 4 heteroatoms. The number of nitrogens with one attached hydrogen (secondary N) is 1. The van der Waals surface area contributed by atoms with E-state index in [-0.39, 0.29) is 11.8 Å². The molecule has 0 spiro atoms. The third-order valence-corrected chi connectivity index (χ3v) is 3.56. The lowest BCUT2D eigenvalue weighted by molar-refractivity contribution is -0.130. The zero-order chi connectivity index (χ0) is 16.5. The molecule has 0 aromatic heterocycles. The maximum absolute atomic E-state index is 12.1. The Hall–Kier alpha value is -2.62. The Labute approximate surface area is 137 Å². The van der Waals surface area contributed by atoms with Crippen LogP contribution in [0.1, 0.15) is 17.5 Å². The zero-order valence-electron chi connectivity index (χ0n) is 13.4. The zero-order valence-corrected chi connectivity index (χ0v) is 13.4. The van der Waals surface area contributed by atoms with Gasteiger partial charge in [-0.15, -0.1) is 0 Å². The van der Waals surface area contributed by atoms with Gasteiger partial charge in [-0.2, -0.15) is 0 Å². The minimum Gasteiger partial charge on any atom is -0.355 e. The fourth-order valence-corrected chi connectivity index (χ4v) is 2.29. The van der Waals surface area contributed by atoms with Gasteiger partial charge >= 0.3 is 0 Å². The molecule has 0 saturated carbocycles. The molecule has 120 valence electrons. The van der Waals surface area contributed by atoms with Crippen LogP contribution in [0.4, 0.5) is 0 Å². The molecule has 0 aliphatic rings. The number of carbonyl (C=O) groups is 2. The summed E-state index contributed by atoms with van der Waals surface area (Å²) in [6, 6.07) is 19.4. The van der Waals surface area contributed by atoms with Gasteiger partial charge < -0.3 is 10.2 Å². The summed E-state index contributed by atoms with van der Waals surface area (Å²) in [6.45, 7) is 0.946. The lowest BCUT2D eigenvalue weighted by Gasteiger charge is -2.17. The van der Waals surface area contributed by atoms with Crippen molar-refractivity contribution in [2.45, 2.75) is 19.4 Å². The second-order valence-corrected chi connectivity index (χ2v) is 5.50. The highest BCUT2D eigenvalue weighted by molar-refractivity contribution is 5.80. The Morgan fingerprint density at radius 1 is 0.913 bits per heavy atom. The Morgan fingerprint density at radius 2 is 1.48 bits per heavy atom. The van der Waals surface area contributed by atoms with E-state index in [2.05, 4.69) is 5.32 Å². The Balaban J connectivity index is 1.69. The van der Waals surface area contributed by atoms with Crippen molar-refractivity contribution in [2.24, 2.45) is 0 Å². The molecule has 0 aliphatic heterocycles. The van der Waals surface area contributed by atoms with Crippen LogP contribution >= 0.6 is 0 Å². The van der Waals surface area contributed by atoms with Gasteiger partial charge in [-0.3, -0.25) is 9.59 Å². The van der Waals surface area contributed by atoms with Crippen molar-refractivity contribution in [3.8, 4) is 0 Å². The van der Waals surface area contributed by atoms with Gasteiger partial charge in [0, 0.05) is 26.6 Å². The second-order valence-electron chi connectivity index (χ2n) is 5.50. The second kappa shape index (κ2) is 8.73. The SMILES string of the molecule is CN(Cc1ccccc1)C(=O)CCNC(=O)Cc1ccccc1. The molecule has 0 fully saturated rings. The fraction of sp³-hybridized carbons (Fsp3) is 0.263. The summed E-state index contributed by atoms with van der Waals surface area (Å²) in [5.41, 5.74) is 2.06. The summed E-state index contributed by atoms with van der Waals surface area (Å²) in [5, 5.41) is 2.79. The van der Waals surface area contributed by atoms with E-state index >= 15 is 0 Å². The quantitative estimate of drug-likeness (QED) is 0.853. The fourth-order valence-electron chi connectivity index (χ4n) is 2.29. The predicted molar refractivity (Wildman–Crippen MR) is 90.7 cm³/mol. The van der Waals surface area contributed by atoms with E-state index < -0.39 is 0 Å². The van der Waals surface area contributed by atoms with Crippen molar-refractivity contribution >= 4 is 11.8 Å². The first kappa shape index (κ1) is 16.7. The number of hydrogen-bond donors (Lipinski definition) is 1.